The number of allylic oxidation sites excluding steroid dienone is 1. The van der Waals surface area contributed by atoms with Gasteiger partial charge in [-0.25, -0.2) is 0 Å². The molecule has 1 fully saturated rings. The van der Waals surface area contributed by atoms with Crippen LogP contribution in [0.5, 0.6) is 0 Å². The van der Waals surface area contributed by atoms with E-state index in [2.05, 4.69) is 64.0 Å². The van der Waals surface area contributed by atoms with Gasteiger partial charge < -0.3 is 5.32 Å². The number of hydrogen-bond acceptors (Lipinski definition) is 1. The maximum absolute atomic E-state index is 4.17. The normalized spacial score (nSPS) is 19.2. The van der Waals surface area contributed by atoms with Gasteiger partial charge in [0.1, 0.15) is 0 Å². The minimum absolute atomic E-state index is 0.217. The minimum Gasteiger partial charge on any atom is -0.310 e. The fourth-order valence-electron chi connectivity index (χ4n) is 3.91. The minimum atomic E-state index is 0.217. The van der Waals surface area contributed by atoms with E-state index in [9.17, 15) is 0 Å². The molecule has 1 saturated carbocycles. The van der Waals surface area contributed by atoms with Gasteiger partial charge in [-0.1, -0.05) is 63.1 Å². The van der Waals surface area contributed by atoms with Gasteiger partial charge in [0, 0.05) is 11.5 Å². The summed E-state index contributed by atoms with van der Waals surface area (Å²) in [5.74, 6) is 1.07. The average Bonchev–Trinajstić information content (AvgIpc) is 2.88. The van der Waals surface area contributed by atoms with Crippen LogP contribution in [-0.4, -0.2) is 7.05 Å². The van der Waals surface area contributed by atoms with Gasteiger partial charge >= 0.3 is 0 Å². The highest BCUT2D eigenvalue weighted by Gasteiger charge is 2.33. The zero-order valence-electron chi connectivity index (χ0n) is 13.5. The van der Waals surface area contributed by atoms with Crippen molar-refractivity contribution >= 4 is 0 Å². The Balaban J connectivity index is 2.27. The second-order valence-corrected chi connectivity index (χ2v) is 6.73. The topological polar surface area (TPSA) is 12.0 Å². The summed E-state index contributed by atoms with van der Waals surface area (Å²) in [6.07, 6.45) is 5.19. The van der Waals surface area contributed by atoms with E-state index >= 15 is 0 Å². The summed E-state index contributed by atoms with van der Waals surface area (Å²) in [4.78, 5) is 0. The zero-order valence-corrected chi connectivity index (χ0v) is 13.5. The second-order valence-electron chi connectivity index (χ2n) is 6.73. The molecule has 1 unspecified atom stereocenters. The fourth-order valence-corrected chi connectivity index (χ4v) is 3.91. The van der Waals surface area contributed by atoms with Crippen molar-refractivity contribution in [2.24, 2.45) is 5.92 Å². The quantitative estimate of drug-likeness (QED) is 0.744. The third kappa shape index (κ3) is 2.83. The molecule has 1 nitrogen and oxygen atoms in total. The van der Waals surface area contributed by atoms with Crippen LogP contribution in [0.2, 0.25) is 0 Å². The van der Waals surface area contributed by atoms with Crippen molar-refractivity contribution in [1.29, 1.82) is 0 Å². The van der Waals surface area contributed by atoms with Crippen molar-refractivity contribution in [1.82, 2.24) is 5.32 Å². The first kappa shape index (κ1) is 15.3. The van der Waals surface area contributed by atoms with Gasteiger partial charge in [0.2, 0.25) is 0 Å². The van der Waals surface area contributed by atoms with E-state index < -0.39 is 0 Å². The molecule has 1 aliphatic rings. The maximum Gasteiger partial charge on any atom is 0.0432 e. The molecule has 1 N–H and O–H groups in total. The lowest BCUT2D eigenvalue weighted by Crippen LogP contribution is -2.36. The van der Waals surface area contributed by atoms with Crippen molar-refractivity contribution in [3.8, 4) is 0 Å². The Morgan fingerprint density at radius 2 is 1.70 bits per heavy atom. The van der Waals surface area contributed by atoms with Gasteiger partial charge in [0.25, 0.3) is 0 Å². The first-order valence-corrected chi connectivity index (χ1v) is 7.95. The van der Waals surface area contributed by atoms with E-state index in [1.165, 1.54) is 42.4 Å². The Morgan fingerprint density at radius 3 is 2.10 bits per heavy atom. The lowest BCUT2D eigenvalue weighted by Gasteiger charge is -2.30. The summed E-state index contributed by atoms with van der Waals surface area (Å²) in [7, 11) is 2.10. The molecule has 1 aromatic rings. The summed E-state index contributed by atoms with van der Waals surface area (Å²) in [6.45, 7) is 10.9. The molecule has 0 radical (unpaired) electrons. The standard InChI is InChI=1S/C19H29N/c1-14(2)18(15(3)4)16-8-10-17(11-9-16)19(20-5)12-6-7-13-19/h8-11,15,18,20H,1,6-7,12-13H2,2-5H3. The Labute approximate surface area is 124 Å². The number of benzene rings is 1. The predicted molar refractivity (Wildman–Crippen MR) is 88.0 cm³/mol. The fraction of sp³-hybridized carbons (Fsp3) is 0.579. The van der Waals surface area contributed by atoms with Crippen molar-refractivity contribution < 1.29 is 0 Å². The molecule has 2 rings (SSSR count). The highest BCUT2D eigenvalue weighted by atomic mass is 14.9. The van der Waals surface area contributed by atoms with Crippen LogP contribution in [0.3, 0.4) is 0 Å². The van der Waals surface area contributed by atoms with Gasteiger partial charge in [-0.05, 0) is 43.9 Å². The van der Waals surface area contributed by atoms with E-state index in [0.717, 1.165) is 0 Å². The van der Waals surface area contributed by atoms with Gasteiger partial charge in [-0.3, -0.25) is 0 Å². The van der Waals surface area contributed by atoms with E-state index in [4.69, 9.17) is 0 Å². The smallest absolute Gasteiger partial charge is 0.0432 e. The summed E-state index contributed by atoms with van der Waals surface area (Å²) in [5, 5.41) is 3.57. The molecular weight excluding hydrogens is 242 g/mol. The first-order chi connectivity index (χ1) is 9.50. The molecule has 1 aromatic carbocycles. The Kier molecular flexibility index (Phi) is 4.70. The van der Waals surface area contributed by atoms with Crippen LogP contribution in [0, 0.1) is 5.92 Å². The molecule has 1 heteroatoms. The molecular formula is C19H29N. The first-order valence-electron chi connectivity index (χ1n) is 7.95. The van der Waals surface area contributed by atoms with Crippen LogP contribution in [0.25, 0.3) is 0 Å². The SMILES string of the molecule is C=C(C)C(c1ccc(C2(NC)CCCC2)cc1)C(C)C. The van der Waals surface area contributed by atoms with E-state index in [1.54, 1.807) is 0 Å². The predicted octanol–water partition coefficient (Wildman–Crippen LogP) is 4.99. The van der Waals surface area contributed by atoms with Gasteiger partial charge in [-0.15, -0.1) is 0 Å². The van der Waals surface area contributed by atoms with E-state index in [-0.39, 0.29) is 5.54 Å². The van der Waals surface area contributed by atoms with Crippen LogP contribution in [-0.2, 0) is 5.54 Å². The van der Waals surface area contributed by atoms with Gasteiger partial charge in [0.15, 0.2) is 0 Å². The monoisotopic (exact) mass is 271 g/mol. The highest BCUT2D eigenvalue weighted by molar-refractivity contribution is 5.34. The molecule has 0 spiro atoms. The molecule has 20 heavy (non-hydrogen) atoms. The molecule has 1 atom stereocenters. The van der Waals surface area contributed by atoms with Crippen molar-refractivity contribution in [2.45, 2.75) is 57.9 Å². The molecule has 110 valence electrons. The molecule has 0 aromatic heterocycles. The van der Waals surface area contributed by atoms with Gasteiger partial charge in [-0.2, -0.15) is 0 Å². The molecule has 1 aliphatic carbocycles. The van der Waals surface area contributed by atoms with E-state index in [1.807, 2.05) is 0 Å². The van der Waals surface area contributed by atoms with E-state index in [0.29, 0.717) is 11.8 Å². The number of rotatable bonds is 5. The summed E-state index contributed by atoms with van der Waals surface area (Å²) < 4.78 is 0. The van der Waals surface area contributed by atoms with Crippen molar-refractivity contribution in [2.75, 3.05) is 7.05 Å². The number of nitrogens with one attached hydrogen (secondary N) is 1. The van der Waals surface area contributed by atoms with Crippen LogP contribution in [0.1, 0.15) is 63.5 Å². The Morgan fingerprint density at radius 1 is 1.15 bits per heavy atom. The third-order valence-corrected chi connectivity index (χ3v) is 4.96. The van der Waals surface area contributed by atoms with Crippen LogP contribution >= 0.6 is 0 Å². The lowest BCUT2D eigenvalue weighted by molar-refractivity contribution is 0.372. The van der Waals surface area contributed by atoms with Crippen LogP contribution in [0.15, 0.2) is 36.4 Å². The lowest BCUT2D eigenvalue weighted by atomic mass is 9.81. The Hall–Kier alpha value is -1.08. The summed E-state index contributed by atoms with van der Waals surface area (Å²) >= 11 is 0. The largest absolute Gasteiger partial charge is 0.310 e. The Bertz CT molecular complexity index is 449. The van der Waals surface area contributed by atoms with Crippen LogP contribution in [0.4, 0.5) is 0 Å². The molecule has 0 bridgehead atoms. The molecule has 0 saturated heterocycles. The maximum atomic E-state index is 4.17. The number of hydrogen-bond donors (Lipinski definition) is 1. The molecule has 0 heterocycles. The summed E-state index contributed by atoms with van der Waals surface area (Å²) in [5.41, 5.74) is 4.33. The van der Waals surface area contributed by atoms with Gasteiger partial charge in [0.05, 0.1) is 0 Å². The summed E-state index contributed by atoms with van der Waals surface area (Å²) in [6, 6.07) is 9.28. The zero-order chi connectivity index (χ0) is 14.8. The van der Waals surface area contributed by atoms with Crippen molar-refractivity contribution in [3.63, 3.8) is 0 Å². The average molecular weight is 271 g/mol. The molecule has 0 aliphatic heterocycles. The highest BCUT2D eigenvalue weighted by Crippen LogP contribution is 2.39. The van der Waals surface area contributed by atoms with Crippen LogP contribution < -0.4 is 5.32 Å². The molecule has 0 amide bonds. The second kappa shape index (κ2) is 6.13. The third-order valence-electron chi connectivity index (χ3n) is 4.96. The van der Waals surface area contributed by atoms with Crippen molar-refractivity contribution in [3.05, 3.63) is 47.5 Å².